The third kappa shape index (κ3) is 0.781. The lowest BCUT2D eigenvalue weighted by Gasteiger charge is -1.96. The van der Waals surface area contributed by atoms with Crippen LogP contribution in [0, 0.1) is 0 Å². The maximum atomic E-state index is 1.60. The topological polar surface area (TPSA) is 0 Å². The van der Waals surface area contributed by atoms with E-state index in [9.17, 15) is 0 Å². The number of hydrogen-bond donors (Lipinski definition) is 0. The normalized spacial score (nSPS) is 31.5. The summed E-state index contributed by atoms with van der Waals surface area (Å²) < 4.78 is 0. The predicted octanol–water partition coefficient (Wildman–Crippen LogP) is 1.60. The molecule has 2 aliphatic rings. The van der Waals surface area contributed by atoms with E-state index in [-0.39, 0.29) is 0 Å². The van der Waals surface area contributed by atoms with E-state index in [4.69, 9.17) is 0 Å². The van der Waals surface area contributed by atoms with Gasteiger partial charge in [0.25, 0.3) is 0 Å². The Kier molecular flexibility index (Phi) is 1.47. The number of hydrogen-bond acceptors (Lipinski definition) is 0. The highest BCUT2D eigenvalue weighted by Gasteiger charge is 2.39. The highest BCUT2D eigenvalue weighted by molar-refractivity contribution is 8.83. The lowest BCUT2D eigenvalue weighted by Crippen LogP contribution is -1.95. The number of fused-ring (bicyclic) bond motifs is 1. The minimum atomic E-state index is 0.960. The van der Waals surface area contributed by atoms with Crippen molar-refractivity contribution in [2.24, 2.45) is 0 Å². The van der Waals surface area contributed by atoms with E-state index < -0.39 is 0 Å². The van der Waals surface area contributed by atoms with Crippen molar-refractivity contribution in [3.8, 4) is 0 Å². The molecule has 0 bridgehead atoms. The first kappa shape index (κ1) is 5.48. The first-order valence-electron chi connectivity index (χ1n) is 3.32. The van der Waals surface area contributed by atoms with E-state index >= 15 is 0 Å². The van der Waals surface area contributed by atoms with Crippen molar-refractivity contribution < 1.29 is 0 Å². The molecule has 2 rings (SSSR count). The van der Waals surface area contributed by atoms with Crippen LogP contribution in [0.1, 0.15) is 12.8 Å². The molecule has 0 aromatic rings. The summed E-state index contributed by atoms with van der Waals surface area (Å²) in [6.45, 7) is 0. The second kappa shape index (κ2) is 2.14. The SMILES string of the molecule is C1C[S]2CCC[S+]2C1. The molecule has 47 valence electrons. The molecule has 2 aliphatic heterocycles. The lowest BCUT2D eigenvalue weighted by atomic mass is 10.6. The molecule has 0 unspecified atom stereocenters. The van der Waals surface area contributed by atoms with Crippen LogP contribution in [0.25, 0.3) is 0 Å². The van der Waals surface area contributed by atoms with E-state index in [2.05, 4.69) is 0 Å². The van der Waals surface area contributed by atoms with Gasteiger partial charge in [-0.15, -0.1) is 0 Å². The molecule has 2 heteroatoms. The molecule has 0 nitrogen and oxygen atoms in total. The molecule has 0 atom stereocenters. The van der Waals surface area contributed by atoms with Crippen molar-refractivity contribution >= 4 is 19.9 Å². The molecule has 0 aromatic carbocycles. The summed E-state index contributed by atoms with van der Waals surface area (Å²) in [5.74, 6) is 6.40. The van der Waals surface area contributed by atoms with Crippen LogP contribution in [-0.4, -0.2) is 23.0 Å². The third-order valence-electron chi connectivity index (χ3n) is 1.82. The Labute approximate surface area is 56.1 Å². The average Bonchev–Trinajstić information content (AvgIpc) is 2.15. The lowest BCUT2D eigenvalue weighted by molar-refractivity contribution is 1.08. The van der Waals surface area contributed by atoms with Crippen LogP contribution in [0.15, 0.2) is 0 Å². The molecule has 8 heavy (non-hydrogen) atoms. The molecule has 2 fully saturated rings. The summed E-state index contributed by atoms with van der Waals surface area (Å²) >= 11 is 0. The highest BCUT2D eigenvalue weighted by atomic mass is 33.2. The molecular weight excluding hydrogens is 136 g/mol. The van der Waals surface area contributed by atoms with E-state index in [0.717, 1.165) is 19.9 Å². The van der Waals surface area contributed by atoms with Crippen LogP contribution < -0.4 is 0 Å². The van der Waals surface area contributed by atoms with Gasteiger partial charge in [0.1, 0.15) is 11.5 Å². The van der Waals surface area contributed by atoms with Gasteiger partial charge in [0, 0.05) is 34.3 Å². The van der Waals surface area contributed by atoms with Gasteiger partial charge in [0.05, 0.1) is 0 Å². The van der Waals surface area contributed by atoms with Gasteiger partial charge in [0.2, 0.25) is 0 Å². The van der Waals surface area contributed by atoms with Gasteiger partial charge in [-0.3, -0.25) is 0 Å². The second-order valence-corrected chi connectivity index (χ2v) is 8.62. The fourth-order valence-electron chi connectivity index (χ4n) is 1.44. The quantitative estimate of drug-likeness (QED) is 0.361. The summed E-state index contributed by atoms with van der Waals surface area (Å²) in [5.41, 5.74) is 0. The summed E-state index contributed by atoms with van der Waals surface area (Å²) in [6, 6.07) is 0. The van der Waals surface area contributed by atoms with Crippen LogP contribution in [0.3, 0.4) is 0 Å². The summed E-state index contributed by atoms with van der Waals surface area (Å²) in [5, 5.41) is 0. The van der Waals surface area contributed by atoms with Crippen LogP contribution >= 0.6 is 9.93 Å². The Balaban J connectivity index is 2.04. The molecule has 0 spiro atoms. The van der Waals surface area contributed by atoms with Crippen molar-refractivity contribution in [3.05, 3.63) is 0 Å². The van der Waals surface area contributed by atoms with Gasteiger partial charge in [-0.2, -0.15) is 0 Å². The van der Waals surface area contributed by atoms with E-state index in [1.807, 2.05) is 0 Å². The number of rotatable bonds is 0. The van der Waals surface area contributed by atoms with Crippen LogP contribution in [0.2, 0.25) is 0 Å². The predicted molar refractivity (Wildman–Crippen MR) is 43.7 cm³/mol. The Morgan fingerprint density at radius 2 is 1.62 bits per heavy atom. The van der Waals surface area contributed by atoms with Crippen molar-refractivity contribution in [3.63, 3.8) is 0 Å². The maximum absolute atomic E-state index is 1.60. The smallest absolute Gasteiger partial charge is 0.00406 e. The Bertz CT molecular complexity index is 72.5. The summed E-state index contributed by atoms with van der Waals surface area (Å²) in [6.07, 6.45) is 3.12. The van der Waals surface area contributed by atoms with Crippen molar-refractivity contribution in [2.75, 3.05) is 23.0 Å². The monoisotopic (exact) mass is 148 g/mol. The Morgan fingerprint density at radius 3 is 2.12 bits per heavy atom. The van der Waals surface area contributed by atoms with Gasteiger partial charge in [0.15, 0.2) is 0 Å². The second-order valence-electron chi connectivity index (χ2n) is 2.40. The molecule has 2 heterocycles. The Hall–Kier alpha value is 0.700. The van der Waals surface area contributed by atoms with Gasteiger partial charge in [-0.1, -0.05) is 0 Å². The van der Waals surface area contributed by atoms with Crippen molar-refractivity contribution in [2.45, 2.75) is 12.8 Å². The molecule has 0 saturated carbocycles. The van der Waals surface area contributed by atoms with E-state index in [0.29, 0.717) is 0 Å². The molecule has 0 aromatic heterocycles. The van der Waals surface area contributed by atoms with Crippen LogP contribution in [-0.2, 0) is 9.93 Å². The zero-order valence-electron chi connectivity index (χ0n) is 5.06. The Morgan fingerprint density at radius 1 is 1.00 bits per heavy atom. The third-order valence-corrected chi connectivity index (χ3v) is 9.46. The molecule has 0 N–H and O–H groups in total. The minimum absolute atomic E-state index is 0.960. The van der Waals surface area contributed by atoms with Crippen molar-refractivity contribution in [1.82, 2.24) is 0 Å². The molecule has 0 aliphatic carbocycles. The average molecular weight is 148 g/mol. The van der Waals surface area contributed by atoms with E-state index in [1.165, 1.54) is 0 Å². The summed E-state index contributed by atoms with van der Waals surface area (Å²) in [4.78, 5) is 0. The molecule has 0 amide bonds. The maximum Gasteiger partial charge on any atom is 0.120 e. The highest BCUT2D eigenvalue weighted by Crippen LogP contribution is 2.47. The van der Waals surface area contributed by atoms with Gasteiger partial charge in [-0.25, -0.2) is 0 Å². The van der Waals surface area contributed by atoms with Gasteiger partial charge >= 0.3 is 0 Å². The zero-order valence-corrected chi connectivity index (χ0v) is 6.69. The first-order chi connectivity index (χ1) is 3.97. The van der Waals surface area contributed by atoms with Crippen LogP contribution in [0.4, 0.5) is 0 Å². The molecule has 1 radical (unpaired) electrons. The molecule has 2 saturated heterocycles. The first-order valence-corrected chi connectivity index (χ1v) is 6.96. The fourth-order valence-corrected chi connectivity index (χ4v) is 9.26. The van der Waals surface area contributed by atoms with Gasteiger partial charge in [-0.05, 0) is 9.93 Å². The fraction of sp³-hybridized carbons (Fsp3) is 1.00. The van der Waals surface area contributed by atoms with Crippen LogP contribution in [0.5, 0.6) is 0 Å². The van der Waals surface area contributed by atoms with Crippen molar-refractivity contribution in [1.29, 1.82) is 0 Å². The van der Waals surface area contributed by atoms with E-state index in [1.54, 1.807) is 35.9 Å². The minimum Gasteiger partial charge on any atom is -0.00406 e. The zero-order chi connectivity index (χ0) is 5.40. The van der Waals surface area contributed by atoms with Gasteiger partial charge < -0.3 is 0 Å². The summed E-state index contributed by atoms with van der Waals surface area (Å²) in [7, 11) is 1.92. The standard InChI is InChI=1S/C6H12S2/c1-3-7-5-2-6-8(7)4-1/h1-6H2/q+1. The molecular formula is C6H12S2+. The largest absolute Gasteiger partial charge is 0.120 e.